The number of amides is 1. The predicted molar refractivity (Wildman–Crippen MR) is 109 cm³/mol. The Morgan fingerprint density at radius 1 is 1.10 bits per heavy atom. The van der Waals surface area contributed by atoms with Crippen molar-refractivity contribution >= 4 is 5.91 Å². The molecule has 6 nitrogen and oxygen atoms in total. The van der Waals surface area contributed by atoms with Gasteiger partial charge in [0.05, 0.1) is 12.2 Å². The number of rotatable bonds is 4. The number of benzene rings is 2. The molecule has 2 aliphatic rings. The quantitative estimate of drug-likeness (QED) is 0.687. The van der Waals surface area contributed by atoms with E-state index >= 15 is 0 Å². The van der Waals surface area contributed by atoms with E-state index in [2.05, 4.69) is 0 Å². The Labute approximate surface area is 169 Å². The number of carbonyl (C=O) groups is 1. The number of hydrogen-bond acceptors (Lipinski definition) is 4. The van der Waals surface area contributed by atoms with Crippen molar-refractivity contribution in [3.63, 3.8) is 0 Å². The highest BCUT2D eigenvalue weighted by Gasteiger charge is 2.30. The van der Waals surface area contributed by atoms with Gasteiger partial charge < -0.3 is 14.4 Å². The zero-order valence-electron chi connectivity index (χ0n) is 16.4. The van der Waals surface area contributed by atoms with E-state index in [1.165, 1.54) is 0 Å². The Balaban J connectivity index is 1.36. The molecular weight excluding hydrogens is 366 g/mol. The minimum Gasteiger partial charge on any atom is -0.486 e. The summed E-state index contributed by atoms with van der Waals surface area (Å²) in [7, 11) is 1.80. The average molecular weight is 389 g/mol. The first kappa shape index (κ1) is 17.8. The van der Waals surface area contributed by atoms with Gasteiger partial charge >= 0.3 is 0 Å². The average Bonchev–Trinajstić information content (AvgIpc) is 3.36. The second-order valence-electron chi connectivity index (χ2n) is 7.56. The summed E-state index contributed by atoms with van der Waals surface area (Å²) in [5.41, 5.74) is 3.78. The zero-order chi connectivity index (χ0) is 19.8. The standard InChI is InChI=1S/C23H23N3O3/c1-25(14-17-15-28-20-12-5-6-13-21(20)29-17)23(27)22-18-10-7-11-19(18)26(24-22)16-8-3-2-4-9-16/h2-6,8-9,12-13,17H,7,10-11,14-15H2,1H3. The van der Waals surface area contributed by atoms with Crippen molar-refractivity contribution in [1.29, 1.82) is 0 Å². The van der Waals surface area contributed by atoms with Crippen LogP contribution in [0.4, 0.5) is 0 Å². The molecule has 0 saturated heterocycles. The van der Waals surface area contributed by atoms with Crippen LogP contribution >= 0.6 is 0 Å². The molecule has 1 aliphatic carbocycles. The maximum absolute atomic E-state index is 13.2. The Hall–Kier alpha value is -3.28. The van der Waals surface area contributed by atoms with Crippen molar-refractivity contribution in [3.05, 3.63) is 71.5 Å². The summed E-state index contributed by atoms with van der Waals surface area (Å²) in [5.74, 6) is 1.40. The monoisotopic (exact) mass is 389 g/mol. The lowest BCUT2D eigenvalue weighted by molar-refractivity contribution is 0.0516. The highest BCUT2D eigenvalue weighted by Crippen LogP contribution is 2.32. The van der Waals surface area contributed by atoms with Gasteiger partial charge in [0.25, 0.3) is 5.91 Å². The molecule has 5 rings (SSSR count). The maximum atomic E-state index is 13.2. The molecule has 0 saturated carbocycles. The van der Waals surface area contributed by atoms with Gasteiger partial charge in [-0.25, -0.2) is 4.68 Å². The van der Waals surface area contributed by atoms with Gasteiger partial charge in [-0.3, -0.25) is 4.79 Å². The third-order valence-corrected chi connectivity index (χ3v) is 5.53. The lowest BCUT2D eigenvalue weighted by atomic mass is 10.1. The summed E-state index contributed by atoms with van der Waals surface area (Å²) in [6.07, 6.45) is 2.70. The fourth-order valence-corrected chi connectivity index (χ4v) is 4.11. The molecule has 0 bridgehead atoms. The SMILES string of the molecule is CN(CC1COc2ccccc2O1)C(=O)c1nn(-c2ccccc2)c2c1CCC2. The lowest BCUT2D eigenvalue weighted by Crippen LogP contribution is -2.42. The fourth-order valence-electron chi connectivity index (χ4n) is 4.11. The molecule has 2 aromatic carbocycles. The van der Waals surface area contributed by atoms with Crippen molar-refractivity contribution in [3.8, 4) is 17.2 Å². The summed E-state index contributed by atoms with van der Waals surface area (Å²) in [4.78, 5) is 14.9. The molecule has 29 heavy (non-hydrogen) atoms. The highest BCUT2D eigenvalue weighted by atomic mass is 16.6. The molecule has 2 heterocycles. The smallest absolute Gasteiger partial charge is 0.274 e. The first-order chi connectivity index (χ1) is 14.2. The van der Waals surface area contributed by atoms with Gasteiger partial charge in [-0.2, -0.15) is 5.10 Å². The van der Waals surface area contributed by atoms with E-state index in [1.54, 1.807) is 11.9 Å². The van der Waals surface area contributed by atoms with Crippen LogP contribution in [0.25, 0.3) is 5.69 Å². The van der Waals surface area contributed by atoms with E-state index in [-0.39, 0.29) is 12.0 Å². The van der Waals surface area contributed by atoms with Crippen LogP contribution in [0.5, 0.6) is 11.5 Å². The number of ether oxygens (including phenoxy) is 2. The number of fused-ring (bicyclic) bond motifs is 2. The molecule has 0 spiro atoms. The molecule has 1 aromatic heterocycles. The summed E-state index contributed by atoms with van der Waals surface area (Å²) in [5, 5.41) is 4.71. The van der Waals surface area contributed by atoms with E-state index in [1.807, 2.05) is 59.3 Å². The van der Waals surface area contributed by atoms with Crippen molar-refractivity contribution in [2.24, 2.45) is 0 Å². The third-order valence-electron chi connectivity index (χ3n) is 5.53. The van der Waals surface area contributed by atoms with E-state index in [9.17, 15) is 4.79 Å². The van der Waals surface area contributed by atoms with Crippen LogP contribution in [0.15, 0.2) is 54.6 Å². The molecule has 1 amide bonds. The Morgan fingerprint density at radius 2 is 1.86 bits per heavy atom. The van der Waals surface area contributed by atoms with Crippen molar-refractivity contribution in [1.82, 2.24) is 14.7 Å². The second kappa shape index (κ2) is 7.28. The van der Waals surface area contributed by atoms with Crippen LogP contribution in [0.3, 0.4) is 0 Å². The summed E-state index contributed by atoms with van der Waals surface area (Å²) in [6.45, 7) is 0.866. The van der Waals surface area contributed by atoms with Gasteiger partial charge in [0, 0.05) is 18.3 Å². The number of carbonyl (C=O) groups excluding carboxylic acids is 1. The first-order valence-corrected chi connectivity index (χ1v) is 10.0. The second-order valence-corrected chi connectivity index (χ2v) is 7.56. The molecule has 3 aromatic rings. The number of likely N-dealkylation sites (N-methyl/N-ethyl adjacent to an activating group) is 1. The molecular formula is C23H23N3O3. The maximum Gasteiger partial charge on any atom is 0.274 e. The minimum atomic E-state index is -0.205. The van der Waals surface area contributed by atoms with Gasteiger partial charge in [-0.05, 0) is 43.5 Å². The van der Waals surface area contributed by atoms with Crippen molar-refractivity contribution in [2.45, 2.75) is 25.4 Å². The fraction of sp³-hybridized carbons (Fsp3) is 0.304. The van der Waals surface area contributed by atoms with Crippen LogP contribution in [0, 0.1) is 0 Å². The molecule has 6 heteroatoms. The van der Waals surface area contributed by atoms with Crippen molar-refractivity contribution in [2.75, 3.05) is 20.2 Å². The van der Waals surface area contributed by atoms with Gasteiger partial charge in [0.2, 0.25) is 0 Å². The van der Waals surface area contributed by atoms with Crippen LogP contribution in [-0.2, 0) is 12.8 Å². The normalized spacial score (nSPS) is 17.1. The molecule has 0 N–H and O–H groups in total. The van der Waals surface area contributed by atoms with Crippen LogP contribution in [-0.4, -0.2) is 46.9 Å². The predicted octanol–water partition coefficient (Wildman–Crippen LogP) is 3.27. The topological polar surface area (TPSA) is 56.6 Å². The van der Waals surface area contributed by atoms with Gasteiger partial charge in [-0.15, -0.1) is 0 Å². The van der Waals surface area contributed by atoms with Gasteiger partial charge in [0.15, 0.2) is 23.3 Å². The largest absolute Gasteiger partial charge is 0.486 e. The Morgan fingerprint density at radius 3 is 2.69 bits per heavy atom. The molecule has 0 fully saturated rings. The lowest BCUT2D eigenvalue weighted by Gasteiger charge is -2.29. The van der Waals surface area contributed by atoms with Crippen LogP contribution in [0.2, 0.25) is 0 Å². The van der Waals surface area contributed by atoms with E-state index in [0.717, 1.165) is 47.7 Å². The summed E-state index contributed by atoms with van der Waals surface area (Å²) in [6, 6.07) is 17.6. The highest BCUT2D eigenvalue weighted by molar-refractivity contribution is 5.94. The molecule has 1 atom stereocenters. The summed E-state index contributed by atoms with van der Waals surface area (Å²) < 4.78 is 13.7. The first-order valence-electron chi connectivity index (χ1n) is 10.0. The molecule has 0 radical (unpaired) electrons. The minimum absolute atomic E-state index is 0.0692. The Kier molecular flexibility index (Phi) is 4.46. The number of hydrogen-bond donors (Lipinski definition) is 0. The number of aromatic nitrogens is 2. The van der Waals surface area contributed by atoms with Gasteiger partial charge in [0.1, 0.15) is 6.61 Å². The van der Waals surface area contributed by atoms with E-state index < -0.39 is 0 Å². The molecule has 1 unspecified atom stereocenters. The van der Waals surface area contributed by atoms with Crippen LogP contribution in [0.1, 0.15) is 28.2 Å². The number of para-hydroxylation sites is 3. The van der Waals surface area contributed by atoms with E-state index in [4.69, 9.17) is 14.6 Å². The molecule has 148 valence electrons. The summed E-state index contributed by atoms with van der Waals surface area (Å²) >= 11 is 0. The van der Waals surface area contributed by atoms with Crippen LogP contribution < -0.4 is 9.47 Å². The number of nitrogens with zero attached hydrogens (tertiary/aromatic N) is 3. The molecule has 1 aliphatic heterocycles. The third kappa shape index (κ3) is 3.24. The van der Waals surface area contributed by atoms with Gasteiger partial charge in [-0.1, -0.05) is 30.3 Å². The van der Waals surface area contributed by atoms with E-state index in [0.29, 0.717) is 18.8 Å². The van der Waals surface area contributed by atoms with Crippen molar-refractivity contribution < 1.29 is 14.3 Å². The zero-order valence-corrected chi connectivity index (χ0v) is 16.4. The Bertz CT molecular complexity index is 1040.